The van der Waals surface area contributed by atoms with Gasteiger partial charge in [-0.15, -0.1) is 11.3 Å². The molecule has 0 aliphatic carbocycles. The topological polar surface area (TPSA) is 32.3 Å². The summed E-state index contributed by atoms with van der Waals surface area (Å²) in [5.74, 6) is 0.0935. The highest BCUT2D eigenvalue weighted by Gasteiger charge is 2.26. The molecule has 4 rings (SSSR count). The Hall–Kier alpha value is -2.17. The van der Waals surface area contributed by atoms with Gasteiger partial charge in [-0.25, -0.2) is 0 Å². The van der Waals surface area contributed by atoms with Crippen molar-refractivity contribution in [2.75, 3.05) is 13.1 Å². The van der Waals surface area contributed by atoms with Crippen molar-refractivity contribution in [1.82, 2.24) is 10.2 Å². The molecule has 0 saturated heterocycles. The molecule has 4 heteroatoms. The Morgan fingerprint density at radius 2 is 2.04 bits per heavy atom. The third-order valence-corrected chi connectivity index (χ3v) is 6.41. The maximum absolute atomic E-state index is 12.7. The van der Waals surface area contributed by atoms with Crippen LogP contribution in [0.15, 0.2) is 53.9 Å². The lowest BCUT2D eigenvalue weighted by Crippen LogP contribution is -2.42. The van der Waals surface area contributed by atoms with Gasteiger partial charge in [0.05, 0.1) is 12.6 Å². The summed E-state index contributed by atoms with van der Waals surface area (Å²) in [7, 11) is 0. The molecule has 1 N–H and O–H groups in total. The zero-order valence-electron chi connectivity index (χ0n) is 15.2. The van der Waals surface area contributed by atoms with Gasteiger partial charge in [-0.3, -0.25) is 9.69 Å². The second kappa shape index (κ2) is 7.22. The fourth-order valence-corrected chi connectivity index (χ4v) is 4.92. The number of nitrogens with one attached hydrogen (secondary N) is 1. The number of rotatable bonds is 4. The van der Waals surface area contributed by atoms with E-state index in [0.29, 0.717) is 12.6 Å². The summed E-state index contributed by atoms with van der Waals surface area (Å²) in [6.07, 6.45) is 1.05. The standard InChI is InChI=1S/C22H24N2OS/c1-15(18-9-5-7-17-6-3-4-8-20(17)18)23-22(25)14-24-12-10-21-19(16(24)2)11-13-26-21/h3-9,11,13,15-16H,10,12,14H2,1-2H3,(H,23,25)/t15-,16-/m0/s1. The van der Waals surface area contributed by atoms with Crippen LogP contribution in [0, 0.1) is 0 Å². The highest BCUT2D eigenvalue weighted by Crippen LogP contribution is 2.32. The van der Waals surface area contributed by atoms with E-state index >= 15 is 0 Å². The third-order valence-electron chi connectivity index (χ3n) is 5.42. The first kappa shape index (κ1) is 17.3. The third kappa shape index (κ3) is 3.27. The molecular formula is C22H24N2OS. The Bertz CT molecular complexity index is 927. The van der Waals surface area contributed by atoms with Crippen LogP contribution in [-0.4, -0.2) is 23.9 Å². The Balaban J connectivity index is 1.45. The summed E-state index contributed by atoms with van der Waals surface area (Å²) in [5.41, 5.74) is 2.56. The van der Waals surface area contributed by atoms with E-state index in [1.807, 2.05) is 23.5 Å². The Labute approximate surface area is 158 Å². The van der Waals surface area contributed by atoms with Gasteiger partial charge in [-0.05, 0) is 53.6 Å². The minimum absolute atomic E-state index is 0.00888. The van der Waals surface area contributed by atoms with Crippen LogP contribution in [0.5, 0.6) is 0 Å². The molecule has 0 spiro atoms. The summed E-state index contributed by atoms with van der Waals surface area (Å²) in [6, 6.07) is 17.1. The van der Waals surface area contributed by atoms with E-state index in [1.54, 1.807) is 0 Å². The predicted molar refractivity (Wildman–Crippen MR) is 109 cm³/mol. The van der Waals surface area contributed by atoms with E-state index in [9.17, 15) is 4.79 Å². The molecule has 2 heterocycles. The van der Waals surface area contributed by atoms with Crippen LogP contribution in [0.1, 0.15) is 41.9 Å². The summed E-state index contributed by atoms with van der Waals surface area (Å²) in [5, 5.41) is 7.77. The van der Waals surface area contributed by atoms with Gasteiger partial charge in [0.2, 0.25) is 5.91 Å². The van der Waals surface area contributed by atoms with E-state index in [1.165, 1.54) is 26.8 Å². The normalized spacial score (nSPS) is 18.5. The lowest BCUT2D eigenvalue weighted by atomic mass is 9.99. The van der Waals surface area contributed by atoms with E-state index in [2.05, 4.69) is 65.8 Å². The van der Waals surface area contributed by atoms with Crippen LogP contribution in [0.4, 0.5) is 0 Å². The molecule has 1 aliphatic rings. The fourth-order valence-electron chi connectivity index (χ4n) is 3.95. The molecule has 0 bridgehead atoms. The van der Waals surface area contributed by atoms with Crippen molar-refractivity contribution in [1.29, 1.82) is 0 Å². The number of hydrogen-bond donors (Lipinski definition) is 1. The molecule has 2 aromatic carbocycles. The summed E-state index contributed by atoms with van der Waals surface area (Å²) < 4.78 is 0. The van der Waals surface area contributed by atoms with Crippen molar-refractivity contribution in [3.05, 3.63) is 69.9 Å². The van der Waals surface area contributed by atoms with E-state index < -0.39 is 0 Å². The van der Waals surface area contributed by atoms with Crippen molar-refractivity contribution in [3.8, 4) is 0 Å². The highest BCUT2D eigenvalue weighted by atomic mass is 32.1. The van der Waals surface area contributed by atoms with Gasteiger partial charge in [0.25, 0.3) is 0 Å². The minimum Gasteiger partial charge on any atom is -0.348 e. The molecule has 1 aliphatic heterocycles. The molecule has 3 aromatic rings. The van der Waals surface area contributed by atoms with E-state index in [0.717, 1.165) is 13.0 Å². The number of hydrogen-bond acceptors (Lipinski definition) is 3. The van der Waals surface area contributed by atoms with Crippen LogP contribution in [0.25, 0.3) is 10.8 Å². The van der Waals surface area contributed by atoms with Gasteiger partial charge in [0.1, 0.15) is 0 Å². The Morgan fingerprint density at radius 1 is 1.23 bits per heavy atom. The van der Waals surface area contributed by atoms with Gasteiger partial charge in [-0.2, -0.15) is 0 Å². The van der Waals surface area contributed by atoms with Crippen molar-refractivity contribution in [2.24, 2.45) is 0 Å². The van der Waals surface area contributed by atoms with Crippen LogP contribution in [0.2, 0.25) is 0 Å². The molecule has 2 atom stereocenters. The predicted octanol–water partition coefficient (Wildman–Crippen LogP) is 4.70. The average molecular weight is 365 g/mol. The first-order chi connectivity index (χ1) is 12.6. The molecule has 0 fully saturated rings. The lowest BCUT2D eigenvalue weighted by molar-refractivity contribution is -0.123. The second-order valence-corrected chi connectivity index (χ2v) is 8.05. The minimum atomic E-state index is -0.00888. The second-order valence-electron chi connectivity index (χ2n) is 7.05. The number of amides is 1. The first-order valence-corrected chi connectivity index (χ1v) is 10.1. The summed E-state index contributed by atoms with van der Waals surface area (Å²) >= 11 is 1.83. The smallest absolute Gasteiger partial charge is 0.234 e. The largest absolute Gasteiger partial charge is 0.348 e. The molecule has 1 amide bonds. The van der Waals surface area contributed by atoms with Crippen molar-refractivity contribution < 1.29 is 4.79 Å². The molecule has 26 heavy (non-hydrogen) atoms. The van der Waals surface area contributed by atoms with Gasteiger partial charge < -0.3 is 5.32 Å². The molecular weight excluding hydrogens is 340 g/mol. The molecule has 1 aromatic heterocycles. The van der Waals surface area contributed by atoms with Crippen LogP contribution < -0.4 is 5.32 Å². The van der Waals surface area contributed by atoms with Crippen LogP contribution in [-0.2, 0) is 11.2 Å². The monoisotopic (exact) mass is 364 g/mol. The van der Waals surface area contributed by atoms with Crippen molar-refractivity contribution in [3.63, 3.8) is 0 Å². The number of nitrogens with zero attached hydrogens (tertiary/aromatic N) is 1. The maximum atomic E-state index is 12.7. The number of benzene rings is 2. The molecule has 3 nitrogen and oxygen atoms in total. The van der Waals surface area contributed by atoms with E-state index in [4.69, 9.17) is 0 Å². The molecule has 0 radical (unpaired) electrons. The molecule has 0 unspecified atom stereocenters. The highest BCUT2D eigenvalue weighted by molar-refractivity contribution is 7.10. The quantitative estimate of drug-likeness (QED) is 0.728. The Kier molecular flexibility index (Phi) is 4.79. The first-order valence-electron chi connectivity index (χ1n) is 9.21. The van der Waals surface area contributed by atoms with Gasteiger partial charge in [0.15, 0.2) is 0 Å². The van der Waals surface area contributed by atoms with Crippen LogP contribution in [0.3, 0.4) is 0 Å². The zero-order valence-corrected chi connectivity index (χ0v) is 16.1. The lowest BCUT2D eigenvalue weighted by Gasteiger charge is -2.33. The number of carbonyl (C=O) groups excluding carboxylic acids is 1. The SMILES string of the molecule is C[C@H](NC(=O)CN1CCc2sccc2[C@@H]1C)c1cccc2ccccc12. The van der Waals surface area contributed by atoms with Crippen molar-refractivity contribution >= 4 is 28.0 Å². The van der Waals surface area contributed by atoms with Gasteiger partial charge >= 0.3 is 0 Å². The van der Waals surface area contributed by atoms with Gasteiger partial charge in [-0.1, -0.05) is 42.5 Å². The zero-order chi connectivity index (χ0) is 18.1. The molecule has 0 saturated carbocycles. The van der Waals surface area contributed by atoms with Crippen LogP contribution >= 0.6 is 11.3 Å². The number of thiophene rings is 1. The molecule has 134 valence electrons. The van der Waals surface area contributed by atoms with Crippen molar-refractivity contribution in [2.45, 2.75) is 32.4 Å². The summed E-state index contributed by atoms with van der Waals surface area (Å²) in [4.78, 5) is 16.4. The number of fused-ring (bicyclic) bond motifs is 2. The fraction of sp³-hybridized carbons (Fsp3) is 0.318. The Morgan fingerprint density at radius 3 is 2.92 bits per heavy atom. The summed E-state index contributed by atoms with van der Waals surface area (Å²) in [6.45, 7) is 5.67. The number of carbonyl (C=O) groups is 1. The maximum Gasteiger partial charge on any atom is 0.234 e. The van der Waals surface area contributed by atoms with E-state index in [-0.39, 0.29) is 11.9 Å². The van der Waals surface area contributed by atoms with Gasteiger partial charge in [0, 0.05) is 17.5 Å². The average Bonchev–Trinajstić information content (AvgIpc) is 3.13.